The third-order valence-corrected chi connectivity index (χ3v) is 3.42. The van der Waals surface area contributed by atoms with E-state index in [1.165, 1.54) is 18.3 Å². The number of halogens is 1. The summed E-state index contributed by atoms with van der Waals surface area (Å²) < 4.78 is 14.5. The Labute approximate surface area is 132 Å². The third-order valence-electron chi connectivity index (χ3n) is 3.42. The fraction of sp³-hybridized carbons (Fsp3) is 0.118. The van der Waals surface area contributed by atoms with Crippen LogP contribution in [0, 0.1) is 5.82 Å². The van der Waals surface area contributed by atoms with E-state index in [9.17, 15) is 9.18 Å². The number of aromatic nitrogens is 2. The first-order valence-corrected chi connectivity index (χ1v) is 7.23. The summed E-state index contributed by atoms with van der Waals surface area (Å²) in [5, 5.41) is 4.01. The maximum atomic E-state index is 12.8. The number of para-hydroxylation sites is 2. The summed E-state index contributed by atoms with van der Waals surface area (Å²) in [5.41, 5.74) is 4.66. The van der Waals surface area contributed by atoms with E-state index in [-0.39, 0.29) is 17.2 Å². The maximum absolute atomic E-state index is 12.8. The number of anilines is 1. The summed E-state index contributed by atoms with van der Waals surface area (Å²) in [7, 11) is 0. The summed E-state index contributed by atoms with van der Waals surface area (Å²) in [5.74, 6) is -0.152. The predicted octanol–water partition coefficient (Wildman–Crippen LogP) is 3.00. The van der Waals surface area contributed by atoms with Gasteiger partial charge in [0.05, 0.1) is 17.2 Å². The van der Waals surface area contributed by atoms with E-state index >= 15 is 0 Å². The average molecular weight is 310 g/mol. The molecule has 6 heteroatoms. The molecular weight excluding hydrogens is 295 g/mol. The Morgan fingerprint density at radius 2 is 1.96 bits per heavy atom. The van der Waals surface area contributed by atoms with Crippen LogP contribution in [0.5, 0.6) is 0 Å². The van der Waals surface area contributed by atoms with Crippen LogP contribution in [0.2, 0.25) is 0 Å². The molecule has 0 aliphatic rings. The number of hydrogen-bond acceptors (Lipinski definition) is 4. The molecule has 0 saturated carbocycles. The molecule has 0 spiro atoms. The van der Waals surface area contributed by atoms with Crippen LogP contribution in [0.3, 0.4) is 0 Å². The molecule has 0 fully saturated rings. The Bertz CT molecular complexity index is 916. The van der Waals surface area contributed by atoms with Crippen molar-refractivity contribution in [3.05, 3.63) is 70.3 Å². The van der Waals surface area contributed by atoms with Gasteiger partial charge in [-0.05, 0) is 36.8 Å². The second kappa shape index (κ2) is 6.39. The van der Waals surface area contributed by atoms with Crippen molar-refractivity contribution in [2.75, 3.05) is 5.43 Å². The molecular formula is C17H15FN4O. The van der Waals surface area contributed by atoms with Crippen molar-refractivity contribution < 1.29 is 4.39 Å². The van der Waals surface area contributed by atoms with Crippen molar-refractivity contribution in [2.24, 2.45) is 5.10 Å². The minimum absolute atomic E-state index is 0.156. The van der Waals surface area contributed by atoms with Crippen molar-refractivity contribution in [1.82, 2.24) is 9.55 Å². The molecule has 0 aliphatic carbocycles. The van der Waals surface area contributed by atoms with E-state index in [2.05, 4.69) is 15.5 Å². The van der Waals surface area contributed by atoms with Crippen LogP contribution in [0.1, 0.15) is 12.5 Å². The molecule has 5 nitrogen and oxygen atoms in total. The van der Waals surface area contributed by atoms with Crippen molar-refractivity contribution >= 4 is 23.1 Å². The molecule has 23 heavy (non-hydrogen) atoms. The van der Waals surface area contributed by atoms with Gasteiger partial charge in [0.15, 0.2) is 0 Å². The number of hydrazone groups is 1. The number of hydrogen-bond donors (Lipinski definition) is 1. The van der Waals surface area contributed by atoms with E-state index in [0.717, 1.165) is 11.1 Å². The topological polar surface area (TPSA) is 59.3 Å². The number of nitrogens with one attached hydrogen (secondary N) is 1. The van der Waals surface area contributed by atoms with Crippen LogP contribution < -0.4 is 11.0 Å². The summed E-state index contributed by atoms with van der Waals surface area (Å²) in [6.45, 7) is 2.44. The van der Waals surface area contributed by atoms with Gasteiger partial charge in [0.2, 0.25) is 5.82 Å². The highest BCUT2D eigenvalue weighted by molar-refractivity contribution is 5.80. The van der Waals surface area contributed by atoms with Gasteiger partial charge in [-0.15, -0.1) is 0 Å². The van der Waals surface area contributed by atoms with Gasteiger partial charge in [-0.2, -0.15) is 5.10 Å². The maximum Gasteiger partial charge on any atom is 0.295 e. The molecule has 0 amide bonds. The lowest BCUT2D eigenvalue weighted by molar-refractivity contribution is 0.628. The minimum Gasteiger partial charge on any atom is -0.304 e. The van der Waals surface area contributed by atoms with Gasteiger partial charge >= 0.3 is 0 Å². The standard InChI is InChI=1S/C17H15FN4O/c1-2-22-15-6-4-3-5-14(15)20-16(17(22)23)21-19-11-12-7-9-13(18)10-8-12/h3-11H,2H2,1H3,(H,20,21)/b19-11+. The molecule has 2 aromatic carbocycles. The van der Waals surface area contributed by atoms with E-state index < -0.39 is 0 Å². The zero-order chi connectivity index (χ0) is 16.2. The third kappa shape index (κ3) is 3.11. The Balaban J connectivity index is 1.92. The molecule has 0 saturated heterocycles. The summed E-state index contributed by atoms with van der Waals surface area (Å²) in [4.78, 5) is 16.7. The fourth-order valence-electron chi connectivity index (χ4n) is 2.30. The fourth-order valence-corrected chi connectivity index (χ4v) is 2.30. The van der Waals surface area contributed by atoms with Gasteiger partial charge in [-0.3, -0.25) is 10.2 Å². The first-order chi connectivity index (χ1) is 11.2. The predicted molar refractivity (Wildman–Crippen MR) is 89.3 cm³/mol. The van der Waals surface area contributed by atoms with Crippen LogP contribution in [0.25, 0.3) is 11.0 Å². The molecule has 0 atom stereocenters. The molecule has 3 aromatic rings. The Morgan fingerprint density at radius 1 is 1.22 bits per heavy atom. The number of aryl methyl sites for hydroxylation is 1. The van der Waals surface area contributed by atoms with Gasteiger partial charge in [0.1, 0.15) is 5.82 Å². The minimum atomic E-state index is -0.308. The number of benzene rings is 2. The lowest BCUT2D eigenvalue weighted by Gasteiger charge is -2.09. The van der Waals surface area contributed by atoms with Crippen molar-refractivity contribution in [2.45, 2.75) is 13.5 Å². The van der Waals surface area contributed by atoms with E-state index in [0.29, 0.717) is 12.1 Å². The highest BCUT2D eigenvalue weighted by Crippen LogP contribution is 2.11. The highest BCUT2D eigenvalue weighted by atomic mass is 19.1. The van der Waals surface area contributed by atoms with Crippen molar-refractivity contribution in [3.8, 4) is 0 Å². The first-order valence-electron chi connectivity index (χ1n) is 7.23. The molecule has 1 aromatic heterocycles. The van der Waals surface area contributed by atoms with E-state index in [1.54, 1.807) is 16.7 Å². The first kappa shape index (κ1) is 14.9. The molecule has 0 radical (unpaired) electrons. The normalized spacial score (nSPS) is 11.2. The monoisotopic (exact) mass is 310 g/mol. The molecule has 0 unspecified atom stereocenters. The Kier molecular flexibility index (Phi) is 4.14. The Hall–Kier alpha value is -3.02. The quantitative estimate of drug-likeness (QED) is 0.595. The molecule has 3 rings (SSSR count). The lowest BCUT2D eigenvalue weighted by atomic mass is 10.2. The molecule has 0 bridgehead atoms. The average Bonchev–Trinajstić information content (AvgIpc) is 2.57. The highest BCUT2D eigenvalue weighted by Gasteiger charge is 2.08. The van der Waals surface area contributed by atoms with Gasteiger partial charge in [0.25, 0.3) is 5.56 Å². The van der Waals surface area contributed by atoms with Gasteiger partial charge in [-0.1, -0.05) is 24.3 Å². The zero-order valence-corrected chi connectivity index (χ0v) is 12.5. The van der Waals surface area contributed by atoms with Gasteiger partial charge in [0, 0.05) is 6.54 Å². The van der Waals surface area contributed by atoms with Crippen LogP contribution in [0.15, 0.2) is 58.4 Å². The molecule has 1 heterocycles. The number of rotatable bonds is 4. The zero-order valence-electron chi connectivity index (χ0n) is 12.5. The summed E-state index contributed by atoms with van der Waals surface area (Å²) >= 11 is 0. The van der Waals surface area contributed by atoms with Crippen LogP contribution >= 0.6 is 0 Å². The van der Waals surface area contributed by atoms with Crippen molar-refractivity contribution in [1.29, 1.82) is 0 Å². The molecule has 1 N–H and O–H groups in total. The Morgan fingerprint density at radius 3 is 2.70 bits per heavy atom. The summed E-state index contributed by atoms with van der Waals surface area (Å²) in [6, 6.07) is 13.3. The molecule has 116 valence electrons. The second-order valence-electron chi connectivity index (χ2n) is 4.92. The number of nitrogens with zero attached hydrogens (tertiary/aromatic N) is 3. The number of fused-ring (bicyclic) bond motifs is 1. The largest absolute Gasteiger partial charge is 0.304 e. The second-order valence-corrected chi connectivity index (χ2v) is 4.92. The van der Waals surface area contributed by atoms with Gasteiger partial charge < -0.3 is 4.57 Å². The smallest absolute Gasteiger partial charge is 0.295 e. The van der Waals surface area contributed by atoms with Crippen molar-refractivity contribution in [3.63, 3.8) is 0 Å². The van der Waals surface area contributed by atoms with E-state index in [1.807, 2.05) is 31.2 Å². The van der Waals surface area contributed by atoms with Crippen LogP contribution in [0.4, 0.5) is 10.2 Å². The van der Waals surface area contributed by atoms with Crippen LogP contribution in [-0.4, -0.2) is 15.8 Å². The summed E-state index contributed by atoms with van der Waals surface area (Å²) in [6.07, 6.45) is 1.51. The van der Waals surface area contributed by atoms with Crippen LogP contribution in [-0.2, 0) is 6.54 Å². The van der Waals surface area contributed by atoms with E-state index in [4.69, 9.17) is 0 Å². The lowest BCUT2D eigenvalue weighted by Crippen LogP contribution is -2.23. The van der Waals surface area contributed by atoms with Gasteiger partial charge in [-0.25, -0.2) is 9.37 Å². The molecule has 0 aliphatic heterocycles. The SMILES string of the molecule is CCn1c(=O)c(N/N=C/c2ccc(F)cc2)nc2ccccc21.